The van der Waals surface area contributed by atoms with Crippen LogP contribution in [-0.2, 0) is 14.6 Å². The largest absolute Gasteiger partial charge is 0.478 e. The zero-order valence-electron chi connectivity index (χ0n) is 12.0. The second-order valence-corrected chi connectivity index (χ2v) is 7.14. The molecule has 0 amide bonds. The van der Waals surface area contributed by atoms with Gasteiger partial charge in [-0.05, 0) is 30.5 Å². The zero-order chi connectivity index (χ0) is 16.0. The lowest BCUT2D eigenvalue weighted by atomic mass is 10.1. The van der Waals surface area contributed by atoms with Gasteiger partial charge in [0.1, 0.15) is 10.7 Å². The van der Waals surface area contributed by atoms with Gasteiger partial charge in [-0.1, -0.05) is 13.8 Å². The summed E-state index contributed by atoms with van der Waals surface area (Å²) in [6, 6.07) is 2.70. The van der Waals surface area contributed by atoms with Crippen molar-refractivity contribution in [2.24, 2.45) is 5.92 Å². The van der Waals surface area contributed by atoms with E-state index in [-0.39, 0.29) is 17.9 Å². The number of ether oxygens (including phenoxy) is 1. The van der Waals surface area contributed by atoms with Crippen LogP contribution in [0.25, 0.3) is 0 Å². The molecule has 0 unspecified atom stereocenters. The second-order valence-electron chi connectivity index (χ2n) is 5.06. The molecule has 0 aliphatic rings. The van der Waals surface area contributed by atoms with Crippen LogP contribution in [0.5, 0.6) is 0 Å². The highest BCUT2D eigenvalue weighted by Gasteiger charge is 2.21. The molecular formula is C14H19FO5S. The van der Waals surface area contributed by atoms with Gasteiger partial charge in [-0.2, -0.15) is 0 Å². The van der Waals surface area contributed by atoms with Crippen molar-refractivity contribution in [2.75, 3.05) is 19.0 Å². The van der Waals surface area contributed by atoms with E-state index in [1.54, 1.807) is 0 Å². The molecule has 21 heavy (non-hydrogen) atoms. The third kappa shape index (κ3) is 5.43. The van der Waals surface area contributed by atoms with Crippen LogP contribution in [0.2, 0.25) is 0 Å². The Morgan fingerprint density at radius 3 is 2.57 bits per heavy atom. The van der Waals surface area contributed by atoms with E-state index in [9.17, 15) is 17.6 Å². The molecule has 7 heteroatoms. The first-order valence-electron chi connectivity index (χ1n) is 6.57. The Morgan fingerprint density at radius 1 is 1.33 bits per heavy atom. The van der Waals surface area contributed by atoms with Crippen LogP contribution in [-0.4, -0.2) is 38.5 Å². The standard InChI is InChI=1S/C14H19FO5S/c1-10(2)5-6-20-7-8-21(18,19)13-9-11(14(16)17)3-4-12(13)15/h3-4,9-10H,5-8H2,1-2H3,(H,16,17). The van der Waals surface area contributed by atoms with Crippen molar-refractivity contribution >= 4 is 15.8 Å². The van der Waals surface area contributed by atoms with Crippen LogP contribution in [0.3, 0.4) is 0 Å². The SMILES string of the molecule is CC(C)CCOCCS(=O)(=O)c1cc(C(=O)O)ccc1F. The predicted molar refractivity (Wildman–Crippen MR) is 75.7 cm³/mol. The fraction of sp³-hybridized carbons (Fsp3) is 0.500. The molecule has 1 rings (SSSR count). The van der Waals surface area contributed by atoms with Crippen molar-refractivity contribution in [2.45, 2.75) is 25.2 Å². The normalized spacial score (nSPS) is 11.8. The lowest BCUT2D eigenvalue weighted by Gasteiger charge is -2.08. The van der Waals surface area contributed by atoms with Gasteiger partial charge < -0.3 is 9.84 Å². The molecule has 0 fully saturated rings. The van der Waals surface area contributed by atoms with Crippen LogP contribution < -0.4 is 0 Å². The summed E-state index contributed by atoms with van der Waals surface area (Å²) in [6.07, 6.45) is 0.808. The summed E-state index contributed by atoms with van der Waals surface area (Å²) in [6.45, 7) is 4.43. The minimum atomic E-state index is -3.91. The fourth-order valence-electron chi connectivity index (χ4n) is 1.57. The lowest BCUT2D eigenvalue weighted by Crippen LogP contribution is -2.15. The third-order valence-electron chi connectivity index (χ3n) is 2.85. The molecular weight excluding hydrogens is 299 g/mol. The smallest absolute Gasteiger partial charge is 0.335 e. The van der Waals surface area contributed by atoms with Gasteiger partial charge in [0.05, 0.1) is 17.9 Å². The summed E-state index contributed by atoms with van der Waals surface area (Å²) in [7, 11) is -3.91. The molecule has 1 N–H and O–H groups in total. The molecule has 0 aliphatic heterocycles. The topological polar surface area (TPSA) is 80.7 Å². The fourth-order valence-corrected chi connectivity index (χ4v) is 2.80. The number of aromatic carboxylic acids is 1. The first kappa shape index (κ1) is 17.6. The van der Waals surface area contributed by atoms with Gasteiger partial charge in [0.25, 0.3) is 0 Å². The Bertz CT molecular complexity index is 595. The molecule has 118 valence electrons. The summed E-state index contributed by atoms with van der Waals surface area (Å²) < 4.78 is 42.8. The molecule has 0 spiro atoms. The number of hydrogen-bond acceptors (Lipinski definition) is 4. The molecule has 0 saturated carbocycles. The van der Waals surface area contributed by atoms with E-state index < -0.39 is 26.5 Å². The van der Waals surface area contributed by atoms with Crippen LogP contribution in [0, 0.1) is 11.7 Å². The van der Waals surface area contributed by atoms with Crippen molar-refractivity contribution < 1.29 is 27.4 Å². The number of carboxylic acid groups (broad SMARTS) is 1. The van der Waals surface area contributed by atoms with Gasteiger partial charge in [-0.3, -0.25) is 0 Å². The number of benzene rings is 1. The second kappa shape index (κ2) is 7.51. The van der Waals surface area contributed by atoms with E-state index >= 15 is 0 Å². The van der Waals surface area contributed by atoms with Crippen molar-refractivity contribution in [1.29, 1.82) is 0 Å². The Morgan fingerprint density at radius 2 is 2.00 bits per heavy atom. The predicted octanol–water partition coefficient (Wildman–Crippen LogP) is 2.36. The lowest BCUT2D eigenvalue weighted by molar-refractivity contribution is 0.0696. The highest BCUT2D eigenvalue weighted by molar-refractivity contribution is 7.91. The number of carbonyl (C=O) groups is 1. The maximum Gasteiger partial charge on any atom is 0.335 e. The van der Waals surface area contributed by atoms with E-state index in [4.69, 9.17) is 9.84 Å². The van der Waals surface area contributed by atoms with Gasteiger partial charge in [-0.15, -0.1) is 0 Å². The van der Waals surface area contributed by atoms with Crippen molar-refractivity contribution in [3.63, 3.8) is 0 Å². The number of rotatable bonds is 8. The number of carboxylic acids is 1. The van der Waals surface area contributed by atoms with Gasteiger partial charge in [0.2, 0.25) is 0 Å². The van der Waals surface area contributed by atoms with Gasteiger partial charge in [0.15, 0.2) is 9.84 Å². The van der Waals surface area contributed by atoms with Crippen molar-refractivity contribution in [3.8, 4) is 0 Å². The first-order chi connectivity index (χ1) is 9.74. The average Bonchev–Trinajstić information content (AvgIpc) is 2.37. The van der Waals surface area contributed by atoms with Crippen LogP contribution >= 0.6 is 0 Å². The summed E-state index contributed by atoms with van der Waals surface area (Å²) in [5.74, 6) is -2.20. The zero-order valence-corrected chi connectivity index (χ0v) is 12.8. The minimum absolute atomic E-state index is 0.0498. The first-order valence-corrected chi connectivity index (χ1v) is 8.22. The molecule has 0 bridgehead atoms. The summed E-state index contributed by atoms with van der Waals surface area (Å²) >= 11 is 0. The quantitative estimate of drug-likeness (QED) is 0.744. The van der Waals surface area contributed by atoms with Crippen LogP contribution in [0.15, 0.2) is 23.1 Å². The average molecular weight is 318 g/mol. The van der Waals surface area contributed by atoms with Gasteiger partial charge in [0, 0.05) is 6.61 Å². The minimum Gasteiger partial charge on any atom is -0.478 e. The Hall–Kier alpha value is -1.47. The summed E-state index contributed by atoms with van der Waals surface area (Å²) in [4.78, 5) is 10.2. The van der Waals surface area contributed by atoms with E-state index in [1.165, 1.54) is 0 Å². The molecule has 0 aliphatic carbocycles. The summed E-state index contributed by atoms with van der Waals surface area (Å²) in [5, 5.41) is 8.82. The summed E-state index contributed by atoms with van der Waals surface area (Å²) in [5.41, 5.74) is -0.268. The molecule has 1 aromatic carbocycles. The Kier molecular flexibility index (Phi) is 6.29. The van der Waals surface area contributed by atoms with Crippen LogP contribution in [0.4, 0.5) is 4.39 Å². The van der Waals surface area contributed by atoms with Gasteiger partial charge in [-0.25, -0.2) is 17.6 Å². The van der Waals surface area contributed by atoms with Gasteiger partial charge >= 0.3 is 5.97 Å². The van der Waals surface area contributed by atoms with E-state index in [2.05, 4.69) is 0 Å². The highest BCUT2D eigenvalue weighted by Crippen LogP contribution is 2.18. The Balaban J connectivity index is 2.74. The molecule has 0 radical (unpaired) electrons. The van der Waals surface area contributed by atoms with E-state index in [0.717, 1.165) is 24.6 Å². The molecule has 0 heterocycles. The van der Waals surface area contributed by atoms with Crippen molar-refractivity contribution in [1.82, 2.24) is 0 Å². The number of halogens is 1. The maximum absolute atomic E-state index is 13.6. The van der Waals surface area contributed by atoms with E-state index in [0.29, 0.717) is 12.5 Å². The third-order valence-corrected chi connectivity index (χ3v) is 4.54. The molecule has 1 aromatic rings. The molecule has 0 atom stereocenters. The van der Waals surface area contributed by atoms with E-state index in [1.807, 2.05) is 13.8 Å². The Labute approximate surface area is 123 Å². The highest BCUT2D eigenvalue weighted by atomic mass is 32.2. The molecule has 0 aromatic heterocycles. The molecule has 5 nitrogen and oxygen atoms in total. The van der Waals surface area contributed by atoms with Crippen LogP contribution in [0.1, 0.15) is 30.6 Å². The maximum atomic E-state index is 13.6. The number of hydrogen-bond donors (Lipinski definition) is 1. The monoisotopic (exact) mass is 318 g/mol. The van der Waals surface area contributed by atoms with Crippen molar-refractivity contribution in [3.05, 3.63) is 29.6 Å². The number of sulfone groups is 1. The molecule has 0 saturated heterocycles.